The minimum atomic E-state index is -0.282. The standard InChI is InChI=1S/C15H29NO2/c1-2-3-4-6-9-14(17)10-11-15(18)16-12-7-5-8-13-16/h14,17H,2-13H2,1H3. The second-order valence-corrected chi connectivity index (χ2v) is 5.48. The maximum absolute atomic E-state index is 11.9. The average Bonchev–Trinajstić information content (AvgIpc) is 2.42. The second kappa shape index (κ2) is 9.37. The van der Waals surface area contributed by atoms with Crippen LogP contribution in [0.15, 0.2) is 0 Å². The maximum atomic E-state index is 11.9. The van der Waals surface area contributed by atoms with Crippen molar-refractivity contribution in [3.8, 4) is 0 Å². The highest BCUT2D eigenvalue weighted by atomic mass is 16.3. The van der Waals surface area contributed by atoms with Crippen LogP contribution in [0.25, 0.3) is 0 Å². The van der Waals surface area contributed by atoms with Crippen molar-refractivity contribution in [1.82, 2.24) is 4.90 Å². The summed E-state index contributed by atoms with van der Waals surface area (Å²) in [6.07, 6.45) is 10.0. The summed E-state index contributed by atoms with van der Waals surface area (Å²) in [6.45, 7) is 4.03. The molecule has 3 heteroatoms. The van der Waals surface area contributed by atoms with E-state index in [-0.39, 0.29) is 12.0 Å². The molecule has 1 N–H and O–H groups in total. The van der Waals surface area contributed by atoms with Crippen LogP contribution in [0.4, 0.5) is 0 Å². The lowest BCUT2D eigenvalue weighted by Gasteiger charge is -2.27. The number of unbranched alkanes of at least 4 members (excludes halogenated alkanes) is 3. The van der Waals surface area contributed by atoms with Gasteiger partial charge in [-0.15, -0.1) is 0 Å². The van der Waals surface area contributed by atoms with Gasteiger partial charge >= 0.3 is 0 Å². The van der Waals surface area contributed by atoms with E-state index in [4.69, 9.17) is 0 Å². The molecule has 1 heterocycles. The Kier molecular flexibility index (Phi) is 8.06. The zero-order valence-corrected chi connectivity index (χ0v) is 11.9. The summed E-state index contributed by atoms with van der Waals surface area (Å²) in [5.74, 6) is 0.238. The van der Waals surface area contributed by atoms with Gasteiger partial charge < -0.3 is 10.0 Å². The van der Waals surface area contributed by atoms with E-state index in [9.17, 15) is 9.90 Å². The molecule has 1 amide bonds. The molecule has 0 spiro atoms. The largest absolute Gasteiger partial charge is 0.393 e. The van der Waals surface area contributed by atoms with Crippen LogP contribution in [0, 0.1) is 0 Å². The quantitative estimate of drug-likeness (QED) is 0.677. The highest BCUT2D eigenvalue weighted by molar-refractivity contribution is 5.76. The fraction of sp³-hybridized carbons (Fsp3) is 0.933. The van der Waals surface area contributed by atoms with Crippen molar-refractivity contribution in [2.75, 3.05) is 13.1 Å². The summed E-state index contributed by atoms with van der Waals surface area (Å²) in [5.41, 5.74) is 0. The van der Waals surface area contributed by atoms with Crippen LogP contribution in [-0.4, -0.2) is 35.1 Å². The topological polar surface area (TPSA) is 40.5 Å². The smallest absolute Gasteiger partial charge is 0.222 e. The molecule has 0 radical (unpaired) electrons. The number of nitrogens with zero attached hydrogens (tertiary/aromatic N) is 1. The second-order valence-electron chi connectivity index (χ2n) is 5.48. The number of aliphatic hydroxyl groups excluding tert-OH is 1. The Morgan fingerprint density at radius 1 is 1.11 bits per heavy atom. The number of carbonyl (C=O) groups is 1. The predicted molar refractivity (Wildman–Crippen MR) is 74.4 cm³/mol. The van der Waals surface area contributed by atoms with Crippen molar-refractivity contribution in [2.24, 2.45) is 0 Å². The average molecular weight is 255 g/mol. The van der Waals surface area contributed by atoms with Gasteiger partial charge in [0.2, 0.25) is 5.91 Å². The van der Waals surface area contributed by atoms with E-state index in [1.165, 1.54) is 25.7 Å². The van der Waals surface area contributed by atoms with E-state index in [2.05, 4.69) is 6.92 Å². The fourth-order valence-electron chi connectivity index (χ4n) is 2.54. The lowest BCUT2D eigenvalue weighted by molar-refractivity contribution is -0.132. The molecule has 1 fully saturated rings. The molecule has 1 saturated heterocycles. The molecule has 0 aromatic carbocycles. The molecule has 0 aromatic rings. The minimum Gasteiger partial charge on any atom is -0.393 e. The summed E-state index contributed by atoms with van der Waals surface area (Å²) < 4.78 is 0. The van der Waals surface area contributed by atoms with Gasteiger partial charge in [-0.1, -0.05) is 32.6 Å². The predicted octanol–water partition coefficient (Wildman–Crippen LogP) is 3.11. The van der Waals surface area contributed by atoms with Crippen molar-refractivity contribution in [3.05, 3.63) is 0 Å². The van der Waals surface area contributed by atoms with Gasteiger partial charge in [0, 0.05) is 19.5 Å². The SMILES string of the molecule is CCCCCCC(O)CCC(=O)N1CCCCC1. The molecule has 1 atom stereocenters. The van der Waals surface area contributed by atoms with Gasteiger partial charge in [-0.05, 0) is 32.1 Å². The molecule has 106 valence electrons. The number of aliphatic hydroxyl groups is 1. The first-order chi connectivity index (χ1) is 8.74. The molecule has 0 aromatic heterocycles. The molecular formula is C15H29NO2. The van der Waals surface area contributed by atoms with E-state index in [0.29, 0.717) is 12.8 Å². The van der Waals surface area contributed by atoms with Crippen LogP contribution in [0.1, 0.15) is 71.1 Å². The molecule has 18 heavy (non-hydrogen) atoms. The molecule has 1 unspecified atom stereocenters. The summed E-state index contributed by atoms with van der Waals surface area (Å²) in [6, 6.07) is 0. The molecule has 0 aliphatic carbocycles. The van der Waals surface area contributed by atoms with Crippen molar-refractivity contribution < 1.29 is 9.90 Å². The van der Waals surface area contributed by atoms with Crippen LogP contribution < -0.4 is 0 Å². The van der Waals surface area contributed by atoms with Gasteiger partial charge in [0.25, 0.3) is 0 Å². The minimum absolute atomic E-state index is 0.238. The number of piperidine rings is 1. The van der Waals surface area contributed by atoms with Gasteiger partial charge in [0.1, 0.15) is 0 Å². The number of rotatable bonds is 8. The van der Waals surface area contributed by atoms with Crippen LogP contribution in [-0.2, 0) is 4.79 Å². The Morgan fingerprint density at radius 3 is 2.50 bits per heavy atom. The molecule has 3 nitrogen and oxygen atoms in total. The first-order valence-corrected chi connectivity index (χ1v) is 7.70. The Morgan fingerprint density at radius 2 is 1.83 bits per heavy atom. The number of likely N-dealkylation sites (tertiary alicyclic amines) is 1. The van der Waals surface area contributed by atoms with Crippen molar-refractivity contribution in [3.63, 3.8) is 0 Å². The van der Waals surface area contributed by atoms with Crippen LogP contribution in [0.2, 0.25) is 0 Å². The third-order valence-corrected chi connectivity index (χ3v) is 3.79. The van der Waals surface area contributed by atoms with Crippen molar-refractivity contribution in [2.45, 2.75) is 77.2 Å². The van der Waals surface area contributed by atoms with E-state index < -0.39 is 0 Å². The third kappa shape index (κ3) is 6.39. The van der Waals surface area contributed by atoms with Crippen LogP contribution >= 0.6 is 0 Å². The Hall–Kier alpha value is -0.570. The first kappa shape index (κ1) is 15.5. The van der Waals surface area contributed by atoms with Crippen LogP contribution in [0.3, 0.4) is 0 Å². The number of carbonyl (C=O) groups excluding carboxylic acids is 1. The monoisotopic (exact) mass is 255 g/mol. The summed E-state index contributed by atoms with van der Waals surface area (Å²) in [4.78, 5) is 13.9. The third-order valence-electron chi connectivity index (χ3n) is 3.79. The molecular weight excluding hydrogens is 226 g/mol. The zero-order valence-electron chi connectivity index (χ0n) is 11.9. The fourth-order valence-corrected chi connectivity index (χ4v) is 2.54. The number of hydrogen-bond acceptors (Lipinski definition) is 2. The van der Waals surface area contributed by atoms with Gasteiger partial charge in [0.15, 0.2) is 0 Å². The maximum Gasteiger partial charge on any atom is 0.222 e. The van der Waals surface area contributed by atoms with Crippen molar-refractivity contribution >= 4 is 5.91 Å². The van der Waals surface area contributed by atoms with E-state index >= 15 is 0 Å². The summed E-state index contributed by atoms with van der Waals surface area (Å²) >= 11 is 0. The van der Waals surface area contributed by atoms with Gasteiger partial charge in [-0.25, -0.2) is 0 Å². The molecule has 0 bridgehead atoms. The van der Waals surface area contributed by atoms with E-state index in [1.54, 1.807) is 0 Å². The lowest BCUT2D eigenvalue weighted by atomic mass is 10.0. The Balaban J connectivity index is 2.05. The highest BCUT2D eigenvalue weighted by Crippen LogP contribution is 2.13. The van der Waals surface area contributed by atoms with Gasteiger partial charge in [-0.3, -0.25) is 4.79 Å². The molecule has 1 aliphatic heterocycles. The van der Waals surface area contributed by atoms with E-state index in [0.717, 1.165) is 38.8 Å². The molecule has 1 rings (SSSR count). The molecule has 0 saturated carbocycles. The van der Waals surface area contributed by atoms with E-state index in [1.807, 2.05) is 4.90 Å². The van der Waals surface area contributed by atoms with Gasteiger partial charge in [-0.2, -0.15) is 0 Å². The highest BCUT2D eigenvalue weighted by Gasteiger charge is 2.17. The summed E-state index contributed by atoms with van der Waals surface area (Å²) in [7, 11) is 0. The Labute approximate surface area is 112 Å². The normalized spacial score (nSPS) is 17.8. The number of hydrogen-bond donors (Lipinski definition) is 1. The molecule has 1 aliphatic rings. The number of amides is 1. The first-order valence-electron chi connectivity index (χ1n) is 7.70. The van der Waals surface area contributed by atoms with Crippen LogP contribution in [0.5, 0.6) is 0 Å². The lowest BCUT2D eigenvalue weighted by Crippen LogP contribution is -2.35. The Bertz CT molecular complexity index is 225. The summed E-state index contributed by atoms with van der Waals surface area (Å²) in [5, 5.41) is 9.83. The zero-order chi connectivity index (χ0) is 13.2. The van der Waals surface area contributed by atoms with Gasteiger partial charge in [0.05, 0.1) is 6.10 Å². The van der Waals surface area contributed by atoms with Crippen molar-refractivity contribution in [1.29, 1.82) is 0 Å².